The summed E-state index contributed by atoms with van der Waals surface area (Å²) in [6.45, 7) is 24.7. The zero-order valence-corrected chi connectivity index (χ0v) is 70.5. The summed E-state index contributed by atoms with van der Waals surface area (Å²) in [4.78, 5) is 0. The summed E-state index contributed by atoms with van der Waals surface area (Å²) in [6.07, 6.45) is 0. The standard InChI is InChI=1S/C26H23BO2S.C26H15BrS.C20H11BrS.C12H24B2O4.C6H4BrI/c1-25(2)26(3,4)29-27(28-25)20-15-17-10-6-8-12-19(17)23-22-18-11-7-5-9-16(18)13-14-21(22)30-24(20)23;27-19-12-9-17(10-13-19)22-15-18-6-2-4-8-21(18)25-24-20-7-3-1-5-16(20)11-14-23(24)28-26(22)25;21-16-11-13-6-2-4-8-15(13)19-18-14-7-3-1-5-12(14)9-10-17(18)22-20(16)19;1-9(2)10(3,4)16-13(15-9)14-17-11(5,6)12(7,8)18-14;7-5-1-3-6(8)4-2-5/h5-15H,1-4H3;1-15H;1-11H;1-8H3;1-4H. The Hall–Kier alpha value is -6.58. The van der Waals surface area contributed by atoms with Gasteiger partial charge < -0.3 is 27.9 Å². The Balaban J connectivity index is 0.000000106. The molecule has 16 heteroatoms. The average molecular weight is 1750 g/mol. The van der Waals surface area contributed by atoms with Crippen molar-refractivity contribution in [2.45, 2.75) is 117 Å². The molecule has 0 radical (unpaired) electrons. The molecule has 3 fully saturated rings. The first kappa shape index (κ1) is 73.6. The first-order valence-corrected chi connectivity index (χ1v) is 41.7. The van der Waals surface area contributed by atoms with Crippen LogP contribution in [0, 0.1) is 3.57 Å². The number of fused-ring (bicyclic) bond motifs is 21. The quantitative estimate of drug-likeness (QED) is 0.130. The molecule has 0 atom stereocenters. The molecule has 0 N–H and O–H groups in total. The number of hydrogen-bond acceptors (Lipinski definition) is 9. The highest BCUT2D eigenvalue weighted by atomic mass is 127. The SMILES string of the molecule is Brc1cc2ccccc2c2c1sc1ccc3ccccc3c12.Brc1ccc(-c2cc3ccccc3c3c2sc2ccc4ccccc4c23)cc1.Brc1ccc(I)cc1.CC1(C)OB(B2OC(C)(C)C(C)(C)O2)OC1(C)C.CC1(C)OB(c2cc3ccccc3c3c2sc2ccc4ccccc4c23)OC1(C)C. The number of halogens is 4. The normalized spacial score (nSPS) is 16.8. The molecule has 3 aliphatic rings. The predicted octanol–water partition coefficient (Wildman–Crippen LogP) is 27.9. The van der Waals surface area contributed by atoms with E-state index < -0.39 is 14.0 Å². The maximum Gasteiger partial charge on any atom is 0.496 e. The van der Waals surface area contributed by atoms with Crippen LogP contribution >= 0.6 is 104 Å². The van der Waals surface area contributed by atoms with Gasteiger partial charge in [-0.05, 0) is 259 Å². The van der Waals surface area contributed by atoms with Gasteiger partial charge in [0.2, 0.25) is 0 Å². The van der Waals surface area contributed by atoms with Crippen LogP contribution in [0.1, 0.15) is 83.1 Å². The van der Waals surface area contributed by atoms with Crippen LogP contribution in [-0.2, 0) is 27.9 Å². The molecule has 14 aromatic carbocycles. The maximum atomic E-state index is 6.48. The van der Waals surface area contributed by atoms with Gasteiger partial charge in [0.15, 0.2) is 0 Å². The third-order valence-corrected chi connectivity index (χ3v) is 28.5. The highest BCUT2D eigenvalue weighted by Gasteiger charge is 2.64. The van der Waals surface area contributed by atoms with Crippen molar-refractivity contribution in [3.05, 3.63) is 266 Å². The predicted molar refractivity (Wildman–Crippen MR) is 479 cm³/mol. The van der Waals surface area contributed by atoms with E-state index in [0.717, 1.165) is 14.4 Å². The summed E-state index contributed by atoms with van der Waals surface area (Å²) < 4.78 is 49.5. The van der Waals surface area contributed by atoms with Gasteiger partial charge in [0, 0.05) is 83.8 Å². The van der Waals surface area contributed by atoms with Gasteiger partial charge >= 0.3 is 21.1 Å². The van der Waals surface area contributed by atoms with E-state index in [0.29, 0.717) is 0 Å². The van der Waals surface area contributed by atoms with Crippen LogP contribution in [0.4, 0.5) is 0 Å². The molecule has 0 unspecified atom stereocenters. The first-order valence-electron chi connectivity index (χ1n) is 35.8. The van der Waals surface area contributed by atoms with Gasteiger partial charge in [0.05, 0.1) is 38.3 Å². The highest BCUT2D eigenvalue weighted by molar-refractivity contribution is 14.1. The molecule has 3 saturated heterocycles. The summed E-state index contributed by atoms with van der Waals surface area (Å²) in [5, 5.41) is 23.8. The van der Waals surface area contributed by atoms with E-state index in [1.165, 1.54) is 144 Å². The Morgan fingerprint density at radius 3 is 0.991 bits per heavy atom. The lowest BCUT2D eigenvalue weighted by molar-refractivity contribution is 0.00578. The summed E-state index contributed by atoms with van der Waals surface area (Å²) in [6, 6.07) is 89.3. The Labute approximate surface area is 671 Å². The number of rotatable bonds is 3. The lowest BCUT2D eigenvalue weighted by Crippen LogP contribution is -2.41. The molecule has 106 heavy (non-hydrogen) atoms. The zero-order chi connectivity index (χ0) is 74.0. The molecule has 0 saturated carbocycles. The Bertz CT molecular complexity index is 6190. The van der Waals surface area contributed by atoms with Gasteiger partial charge in [-0.3, -0.25) is 0 Å². The van der Waals surface area contributed by atoms with Crippen molar-refractivity contribution < 1.29 is 27.9 Å². The molecule has 0 aliphatic carbocycles. The van der Waals surface area contributed by atoms with E-state index >= 15 is 0 Å². The minimum absolute atomic E-state index is 0.360. The van der Waals surface area contributed by atoms with Gasteiger partial charge in [-0.25, -0.2) is 0 Å². The number of thiophene rings is 3. The average Bonchev–Trinajstić information content (AvgIpc) is 1.54. The van der Waals surface area contributed by atoms with E-state index in [2.05, 4.69) is 335 Å². The minimum Gasteiger partial charge on any atom is -0.405 e. The molecule has 6 heterocycles. The van der Waals surface area contributed by atoms with E-state index in [1.54, 1.807) is 0 Å². The second-order valence-electron chi connectivity index (χ2n) is 30.6. The minimum atomic E-state index is -0.476. The van der Waals surface area contributed by atoms with Crippen LogP contribution in [0.15, 0.2) is 262 Å². The van der Waals surface area contributed by atoms with Crippen LogP contribution in [0.25, 0.3) is 136 Å². The number of benzene rings is 14. The van der Waals surface area contributed by atoms with Crippen molar-refractivity contribution in [1.29, 1.82) is 0 Å². The summed E-state index contributed by atoms with van der Waals surface area (Å²) in [5.41, 5.74) is 1.54. The maximum absolute atomic E-state index is 6.48. The largest absolute Gasteiger partial charge is 0.496 e. The van der Waals surface area contributed by atoms with Crippen LogP contribution in [0.2, 0.25) is 0 Å². The molecule has 0 spiro atoms. The first-order chi connectivity index (χ1) is 50.6. The lowest BCUT2D eigenvalue weighted by atomic mass is 9.49. The molecular weight excluding hydrogens is 1670 g/mol. The fourth-order valence-electron chi connectivity index (χ4n) is 14.6. The van der Waals surface area contributed by atoms with Crippen molar-refractivity contribution in [3.63, 3.8) is 0 Å². The van der Waals surface area contributed by atoms with Gasteiger partial charge in [-0.15, -0.1) is 34.0 Å². The van der Waals surface area contributed by atoms with Crippen molar-refractivity contribution in [2.24, 2.45) is 0 Å². The molecular formula is C90H77B3Br3IO6S3. The molecule has 3 aliphatic heterocycles. The highest BCUT2D eigenvalue weighted by Crippen LogP contribution is 2.50. The molecule has 17 aromatic rings. The molecule has 0 bridgehead atoms. The summed E-state index contributed by atoms with van der Waals surface area (Å²) >= 11 is 18.6. The monoisotopic (exact) mass is 1750 g/mol. The van der Waals surface area contributed by atoms with Gasteiger partial charge in [-0.1, -0.05) is 214 Å². The second-order valence-corrected chi connectivity index (χ2v) is 37.7. The second kappa shape index (κ2) is 28.4. The smallest absolute Gasteiger partial charge is 0.405 e. The van der Waals surface area contributed by atoms with Crippen LogP contribution < -0.4 is 5.46 Å². The molecule has 528 valence electrons. The Kier molecular flexibility index (Phi) is 19.7. The Morgan fingerprint density at radius 2 is 0.594 bits per heavy atom. The summed E-state index contributed by atoms with van der Waals surface area (Å²) in [5.74, 6) is 0. The molecule has 6 nitrogen and oxygen atoms in total. The van der Waals surface area contributed by atoms with E-state index in [1.807, 2.05) is 102 Å². The van der Waals surface area contributed by atoms with Crippen molar-refractivity contribution >= 4 is 256 Å². The third kappa shape index (κ3) is 13.5. The van der Waals surface area contributed by atoms with Gasteiger partial charge in [0.25, 0.3) is 0 Å². The molecule has 0 amide bonds. The van der Waals surface area contributed by atoms with Crippen molar-refractivity contribution in [1.82, 2.24) is 0 Å². The van der Waals surface area contributed by atoms with Crippen LogP contribution in [0.3, 0.4) is 0 Å². The zero-order valence-electron chi connectivity index (χ0n) is 61.1. The fraction of sp³-hybridized carbons (Fsp3) is 0.200. The third-order valence-electron chi connectivity index (χ3n) is 22.3. The van der Waals surface area contributed by atoms with Crippen LogP contribution in [-0.4, -0.2) is 54.7 Å². The van der Waals surface area contributed by atoms with Crippen molar-refractivity contribution in [2.75, 3.05) is 0 Å². The molecule has 20 rings (SSSR count). The van der Waals surface area contributed by atoms with E-state index in [-0.39, 0.29) is 40.7 Å². The topological polar surface area (TPSA) is 55.4 Å². The van der Waals surface area contributed by atoms with E-state index in [9.17, 15) is 0 Å². The molecule has 3 aromatic heterocycles. The van der Waals surface area contributed by atoms with E-state index in [4.69, 9.17) is 27.9 Å². The fourth-order valence-corrected chi connectivity index (χ4v) is 19.8. The van der Waals surface area contributed by atoms with Gasteiger partial charge in [0.1, 0.15) is 0 Å². The van der Waals surface area contributed by atoms with Crippen molar-refractivity contribution in [3.8, 4) is 11.1 Å². The van der Waals surface area contributed by atoms with Crippen LogP contribution in [0.5, 0.6) is 0 Å². The number of hydrogen-bond donors (Lipinski definition) is 0. The lowest BCUT2D eigenvalue weighted by Gasteiger charge is -2.32. The van der Waals surface area contributed by atoms with Gasteiger partial charge in [-0.2, -0.15) is 0 Å². The Morgan fingerprint density at radius 1 is 0.292 bits per heavy atom. The summed E-state index contributed by atoms with van der Waals surface area (Å²) in [7, 11) is -1.33.